The number of nitrogens with one attached hydrogen (secondary N) is 3. The summed E-state index contributed by atoms with van der Waals surface area (Å²) in [6.07, 6.45) is -1.07. The van der Waals surface area contributed by atoms with E-state index in [1.807, 2.05) is 13.8 Å². The molecule has 126 valence electrons. The van der Waals surface area contributed by atoms with Crippen molar-refractivity contribution in [1.29, 1.82) is 0 Å². The fourth-order valence-electron chi connectivity index (χ4n) is 2.54. The minimum atomic E-state index is -0.892. The van der Waals surface area contributed by atoms with E-state index in [2.05, 4.69) is 16.3 Å². The van der Waals surface area contributed by atoms with Crippen LogP contribution < -0.4 is 16.3 Å². The van der Waals surface area contributed by atoms with E-state index in [0.717, 1.165) is 5.56 Å². The maximum absolute atomic E-state index is 11.3. The zero-order valence-electron chi connectivity index (χ0n) is 12.6. The maximum Gasteiger partial charge on any atom is 0.322 e. The highest BCUT2D eigenvalue weighted by atomic mass is 32.2. The Labute approximate surface area is 137 Å². The van der Waals surface area contributed by atoms with Gasteiger partial charge in [-0.25, -0.2) is 0 Å². The number of hydrogen-bond acceptors (Lipinski definition) is 8. The lowest BCUT2D eigenvalue weighted by Gasteiger charge is -2.33. The second kappa shape index (κ2) is 6.27. The minimum absolute atomic E-state index is 0.171. The van der Waals surface area contributed by atoms with Crippen molar-refractivity contribution in [2.75, 3.05) is 0 Å². The molecule has 0 amide bonds. The Kier molecular flexibility index (Phi) is 4.50. The SMILES string of the molecule is CC1(C)SC(C2NOC(c3ccc(O)cc3)NO2)N[C@H]1C(=O)O. The van der Waals surface area contributed by atoms with E-state index >= 15 is 0 Å². The van der Waals surface area contributed by atoms with E-state index < -0.39 is 29.2 Å². The molecule has 2 aliphatic rings. The Bertz CT molecular complexity index is 574. The van der Waals surface area contributed by atoms with Crippen molar-refractivity contribution < 1.29 is 24.7 Å². The highest BCUT2D eigenvalue weighted by Crippen LogP contribution is 2.39. The van der Waals surface area contributed by atoms with Crippen LogP contribution in [-0.2, 0) is 14.5 Å². The normalized spacial score (nSPS) is 33.5. The molecule has 0 aliphatic carbocycles. The molecule has 0 radical (unpaired) electrons. The van der Waals surface area contributed by atoms with E-state index in [-0.39, 0.29) is 11.1 Å². The van der Waals surface area contributed by atoms with Crippen LogP contribution >= 0.6 is 11.8 Å². The van der Waals surface area contributed by atoms with Gasteiger partial charge in [-0.1, -0.05) is 12.1 Å². The van der Waals surface area contributed by atoms with Gasteiger partial charge in [-0.05, 0) is 31.5 Å². The average molecular weight is 341 g/mol. The van der Waals surface area contributed by atoms with Gasteiger partial charge in [0.1, 0.15) is 11.8 Å². The van der Waals surface area contributed by atoms with Crippen LogP contribution in [0, 0.1) is 0 Å². The largest absolute Gasteiger partial charge is 0.508 e. The molecule has 0 saturated carbocycles. The summed E-state index contributed by atoms with van der Waals surface area (Å²) in [7, 11) is 0. The molecular formula is C14H19N3O5S. The number of carboxylic acid groups (broad SMARTS) is 1. The molecule has 2 saturated heterocycles. The monoisotopic (exact) mass is 341 g/mol. The van der Waals surface area contributed by atoms with Crippen molar-refractivity contribution in [3.05, 3.63) is 29.8 Å². The lowest BCUT2D eigenvalue weighted by atomic mass is 10.0. The number of hydrogen-bond donors (Lipinski definition) is 5. The third-order valence-corrected chi connectivity index (χ3v) is 5.26. The van der Waals surface area contributed by atoms with Gasteiger partial charge in [-0.3, -0.25) is 19.8 Å². The van der Waals surface area contributed by atoms with Gasteiger partial charge in [0.25, 0.3) is 0 Å². The number of aliphatic carboxylic acids is 1. The number of carbonyl (C=O) groups is 1. The third kappa shape index (κ3) is 3.44. The summed E-state index contributed by atoms with van der Waals surface area (Å²) in [5, 5.41) is 21.3. The molecule has 1 aromatic rings. The van der Waals surface area contributed by atoms with Crippen LogP contribution in [0.3, 0.4) is 0 Å². The van der Waals surface area contributed by atoms with Crippen molar-refractivity contribution in [3.63, 3.8) is 0 Å². The third-order valence-electron chi connectivity index (χ3n) is 3.78. The topological polar surface area (TPSA) is 112 Å². The number of phenols is 1. The van der Waals surface area contributed by atoms with Crippen LogP contribution in [0.5, 0.6) is 5.75 Å². The first-order valence-electron chi connectivity index (χ1n) is 7.15. The quantitative estimate of drug-likeness (QED) is 0.541. The summed E-state index contributed by atoms with van der Waals surface area (Å²) in [6.45, 7) is 3.75. The summed E-state index contributed by atoms with van der Waals surface area (Å²) in [4.78, 5) is 22.4. The van der Waals surface area contributed by atoms with Gasteiger partial charge in [-0.15, -0.1) is 11.8 Å². The molecule has 3 unspecified atom stereocenters. The number of hydroxylamine groups is 2. The van der Waals surface area contributed by atoms with E-state index in [1.165, 1.54) is 11.8 Å². The van der Waals surface area contributed by atoms with E-state index in [0.29, 0.717) is 0 Å². The lowest BCUT2D eigenvalue weighted by Crippen LogP contribution is -2.55. The second-order valence-corrected chi connectivity index (χ2v) is 7.74. The summed E-state index contributed by atoms with van der Waals surface area (Å²) in [5.41, 5.74) is 6.37. The first-order valence-corrected chi connectivity index (χ1v) is 8.03. The summed E-state index contributed by atoms with van der Waals surface area (Å²) >= 11 is 1.48. The minimum Gasteiger partial charge on any atom is -0.508 e. The fourth-order valence-corrected chi connectivity index (χ4v) is 3.94. The van der Waals surface area contributed by atoms with Crippen LogP contribution in [0.4, 0.5) is 0 Å². The summed E-state index contributed by atoms with van der Waals surface area (Å²) < 4.78 is -0.463. The second-order valence-electron chi connectivity index (χ2n) is 5.94. The predicted octanol–water partition coefficient (Wildman–Crippen LogP) is 0.667. The maximum atomic E-state index is 11.3. The predicted molar refractivity (Wildman–Crippen MR) is 83.1 cm³/mol. The van der Waals surface area contributed by atoms with Gasteiger partial charge in [-0.2, -0.15) is 11.0 Å². The number of carboxylic acids is 1. The number of aromatic hydroxyl groups is 1. The highest BCUT2D eigenvalue weighted by molar-refractivity contribution is 8.01. The average Bonchev–Trinajstić information content (AvgIpc) is 2.84. The molecule has 4 atom stereocenters. The molecule has 5 N–H and O–H groups in total. The molecule has 1 aromatic carbocycles. The Morgan fingerprint density at radius 2 is 1.91 bits per heavy atom. The van der Waals surface area contributed by atoms with Crippen molar-refractivity contribution in [2.24, 2.45) is 0 Å². The Morgan fingerprint density at radius 3 is 2.43 bits per heavy atom. The highest BCUT2D eigenvalue weighted by Gasteiger charge is 2.48. The molecule has 9 heteroatoms. The Balaban J connectivity index is 1.59. The lowest BCUT2D eigenvalue weighted by molar-refractivity contribution is -0.256. The Morgan fingerprint density at radius 1 is 1.22 bits per heavy atom. The number of rotatable bonds is 3. The Hall–Kier alpha value is -1.36. The molecule has 0 aromatic heterocycles. The fraction of sp³-hybridized carbons (Fsp3) is 0.500. The van der Waals surface area contributed by atoms with Crippen molar-refractivity contribution >= 4 is 17.7 Å². The standard InChI is InChI=1S/C14H19N3O5S/c1-14(2)9(13(19)20)15-12(23-14)11-17-21-10(16-22-11)7-3-5-8(18)6-4-7/h3-6,9-12,15-18H,1-2H3,(H,19,20)/t9-,10?,11?,12?/m0/s1. The van der Waals surface area contributed by atoms with E-state index in [4.69, 9.17) is 9.68 Å². The molecule has 0 bridgehead atoms. The van der Waals surface area contributed by atoms with Crippen LogP contribution in [-0.4, -0.2) is 38.6 Å². The molecule has 8 nitrogen and oxygen atoms in total. The van der Waals surface area contributed by atoms with Crippen LogP contribution in [0.15, 0.2) is 24.3 Å². The smallest absolute Gasteiger partial charge is 0.322 e. The van der Waals surface area contributed by atoms with Gasteiger partial charge in [0.15, 0.2) is 12.5 Å². The number of phenolic OH excluding ortho intramolecular Hbond substituents is 1. The first kappa shape index (κ1) is 16.5. The van der Waals surface area contributed by atoms with Crippen LogP contribution in [0.2, 0.25) is 0 Å². The number of thioether (sulfide) groups is 1. The molecule has 2 fully saturated rings. The molecule has 3 rings (SSSR count). The molecule has 2 heterocycles. The molecule has 23 heavy (non-hydrogen) atoms. The van der Waals surface area contributed by atoms with Gasteiger partial charge in [0.05, 0.1) is 5.37 Å². The first-order chi connectivity index (χ1) is 10.9. The summed E-state index contributed by atoms with van der Waals surface area (Å²) in [5.74, 6) is -0.721. The number of benzene rings is 1. The zero-order valence-corrected chi connectivity index (χ0v) is 13.5. The van der Waals surface area contributed by atoms with Crippen LogP contribution in [0.1, 0.15) is 25.6 Å². The van der Waals surface area contributed by atoms with Crippen molar-refractivity contribution in [3.8, 4) is 5.75 Å². The van der Waals surface area contributed by atoms with Crippen LogP contribution in [0.25, 0.3) is 0 Å². The van der Waals surface area contributed by atoms with Crippen molar-refractivity contribution in [1.82, 2.24) is 16.3 Å². The molecular weight excluding hydrogens is 322 g/mol. The molecule has 2 aliphatic heterocycles. The van der Waals surface area contributed by atoms with Gasteiger partial charge >= 0.3 is 5.97 Å². The molecule has 0 spiro atoms. The van der Waals surface area contributed by atoms with Gasteiger partial charge < -0.3 is 10.2 Å². The van der Waals surface area contributed by atoms with Crippen molar-refractivity contribution in [2.45, 2.75) is 42.5 Å². The zero-order chi connectivity index (χ0) is 16.6. The van der Waals surface area contributed by atoms with E-state index in [1.54, 1.807) is 24.3 Å². The summed E-state index contributed by atoms with van der Waals surface area (Å²) in [6, 6.07) is 5.87. The van der Waals surface area contributed by atoms with Gasteiger partial charge in [0.2, 0.25) is 0 Å². The van der Waals surface area contributed by atoms with E-state index in [9.17, 15) is 15.0 Å². The van der Waals surface area contributed by atoms with Gasteiger partial charge in [0, 0.05) is 4.75 Å².